The second-order valence-corrected chi connectivity index (χ2v) is 13.7. The molecule has 9 nitrogen and oxygen atoms in total. The summed E-state index contributed by atoms with van der Waals surface area (Å²) in [5, 5.41) is 0.454. The summed E-state index contributed by atoms with van der Waals surface area (Å²) >= 11 is 1.75. The standard InChI is InChI=1S/C30H43FN4O5S/c1-30(2,3)40-29(37)35-12-6-21(7-13-35)34-10-4-20(5-11-34)18-39-22-16-24(31)27-25(17-22)32-26(33-28(27)36)19-41-23-8-14-38-15-9-23/h16-17,20-21,23H,4-15,18-19H2,1-3H3,(H,32,33,36). The molecule has 1 amide bonds. The van der Waals surface area contributed by atoms with E-state index in [1.54, 1.807) is 17.8 Å². The van der Waals surface area contributed by atoms with Crippen molar-refractivity contribution < 1.29 is 23.4 Å². The average molecular weight is 591 g/mol. The second-order valence-electron chi connectivity index (χ2n) is 12.4. The van der Waals surface area contributed by atoms with Crippen LogP contribution in [0.3, 0.4) is 0 Å². The summed E-state index contributed by atoms with van der Waals surface area (Å²) in [6.07, 6.45) is 5.68. The van der Waals surface area contributed by atoms with Crippen molar-refractivity contribution in [2.45, 2.75) is 81.9 Å². The third-order valence-corrected chi connectivity index (χ3v) is 9.56. The predicted molar refractivity (Wildman–Crippen MR) is 158 cm³/mol. The number of nitrogens with one attached hydrogen (secondary N) is 1. The molecule has 3 fully saturated rings. The second kappa shape index (κ2) is 13.3. The number of rotatable bonds is 7. The van der Waals surface area contributed by atoms with E-state index in [1.165, 1.54) is 6.07 Å². The molecule has 5 rings (SSSR count). The largest absolute Gasteiger partial charge is 0.493 e. The van der Waals surface area contributed by atoms with Gasteiger partial charge in [-0.25, -0.2) is 14.2 Å². The Morgan fingerprint density at radius 3 is 2.49 bits per heavy atom. The van der Waals surface area contributed by atoms with E-state index in [0.29, 0.717) is 46.7 Å². The normalized spacial score (nSPS) is 20.4. The minimum absolute atomic E-state index is 0.0248. The maximum Gasteiger partial charge on any atom is 0.410 e. The van der Waals surface area contributed by atoms with E-state index in [2.05, 4.69) is 14.9 Å². The highest BCUT2D eigenvalue weighted by Crippen LogP contribution is 2.28. The molecule has 226 valence electrons. The van der Waals surface area contributed by atoms with E-state index < -0.39 is 17.0 Å². The van der Waals surface area contributed by atoms with Gasteiger partial charge in [0, 0.05) is 49.7 Å². The highest BCUT2D eigenvalue weighted by atomic mass is 32.2. The zero-order valence-corrected chi connectivity index (χ0v) is 25.3. The third-order valence-electron chi connectivity index (χ3n) is 8.17. The molecule has 3 aliphatic rings. The van der Waals surface area contributed by atoms with Crippen LogP contribution in [0.2, 0.25) is 0 Å². The number of benzene rings is 1. The number of carbonyl (C=O) groups excluding carboxylic acids is 1. The smallest absolute Gasteiger partial charge is 0.410 e. The van der Waals surface area contributed by atoms with Crippen molar-refractivity contribution in [3.63, 3.8) is 0 Å². The summed E-state index contributed by atoms with van der Waals surface area (Å²) in [6.45, 7) is 11.1. The van der Waals surface area contributed by atoms with Gasteiger partial charge in [0.2, 0.25) is 0 Å². The number of aromatic nitrogens is 2. The van der Waals surface area contributed by atoms with Crippen LogP contribution in [-0.2, 0) is 15.2 Å². The molecule has 0 saturated carbocycles. The summed E-state index contributed by atoms with van der Waals surface area (Å²) in [6, 6.07) is 3.46. The Morgan fingerprint density at radius 1 is 1.10 bits per heavy atom. The number of H-pyrrole nitrogens is 1. The first kappa shape index (κ1) is 30.1. The van der Waals surface area contributed by atoms with Gasteiger partial charge in [-0.1, -0.05) is 0 Å². The van der Waals surface area contributed by atoms with Crippen molar-refractivity contribution in [3.05, 3.63) is 34.1 Å². The van der Waals surface area contributed by atoms with E-state index >= 15 is 0 Å². The van der Waals surface area contributed by atoms with Crippen molar-refractivity contribution in [2.75, 3.05) is 46.0 Å². The van der Waals surface area contributed by atoms with Crippen LogP contribution in [0.5, 0.6) is 5.75 Å². The zero-order chi connectivity index (χ0) is 29.0. The van der Waals surface area contributed by atoms with E-state index in [1.807, 2.05) is 25.7 Å². The summed E-state index contributed by atoms with van der Waals surface area (Å²) in [5.41, 5.74) is -0.595. The molecule has 4 heterocycles. The van der Waals surface area contributed by atoms with Gasteiger partial charge in [0.15, 0.2) is 0 Å². The van der Waals surface area contributed by atoms with Crippen LogP contribution in [0.25, 0.3) is 10.9 Å². The summed E-state index contributed by atoms with van der Waals surface area (Å²) in [7, 11) is 0. The Labute approximate surface area is 245 Å². The van der Waals surface area contributed by atoms with Gasteiger partial charge >= 0.3 is 6.09 Å². The lowest BCUT2D eigenvalue weighted by Crippen LogP contribution is -2.50. The minimum Gasteiger partial charge on any atom is -0.493 e. The number of likely N-dealkylation sites (tertiary alicyclic amines) is 2. The molecule has 0 spiro atoms. The maximum absolute atomic E-state index is 14.9. The lowest BCUT2D eigenvalue weighted by Gasteiger charge is -2.41. The SMILES string of the molecule is CC(C)(C)OC(=O)N1CCC(N2CCC(COc3cc(F)c4c(=O)[nH]c(CSC5CCOCC5)nc4c3)CC2)CC1. The van der Waals surface area contributed by atoms with Crippen LogP contribution in [0.1, 0.15) is 65.1 Å². The van der Waals surface area contributed by atoms with Crippen LogP contribution < -0.4 is 10.3 Å². The first-order valence-electron chi connectivity index (χ1n) is 14.9. The Bertz CT molecular complexity index is 1250. The van der Waals surface area contributed by atoms with E-state index in [-0.39, 0.29) is 11.5 Å². The predicted octanol–water partition coefficient (Wildman–Crippen LogP) is 4.96. The van der Waals surface area contributed by atoms with E-state index in [9.17, 15) is 14.0 Å². The van der Waals surface area contributed by atoms with Crippen LogP contribution in [0.15, 0.2) is 16.9 Å². The highest BCUT2D eigenvalue weighted by Gasteiger charge is 2.31. The Balaban J connectivity index is 1.10. The number of thioether (sulfide) groups is 1. The molecule has 11 heteroatoms. The van der Waals surface area contributed by atoms with Gasteiger partial charge < -0.3 is 29.0 Å². The Hall–Kier alpha value is -2.37. The first-order valence-corrected chi connectivity index (χ1v) is 16.0. The van der Waals surface area contributed by atoms with Crippen LogP contribution in [0.4, 0.5) is 9.18 Å². The summed E-state index contributed by atoms with van der Waals surface area (Å²) in [5.74, 6) is 1.31. The lowest BCUT2D eigenvalue weighted by molar-refractivity contribution is 0.0110. The molecule has 0 aliphatic carbocycles. The van der Waals surface area contributed by atoms with Crippen LogP contribution >= 0.6 is 11.8 Å². The number of amides is 1. The third kappa shape index (κ3) is 8.14. The number of fused-ring (bicyclic) bond motifs is 1. The van der Waals surface area contributed by atoms with Crippen molar-refractivity contribution in [1.29, 1.82) is 0 Å². The van der Waals surface area contributed by atoms with Crippen molar-refractivity contribution in [3.8, 4) is 5.75 Å². The molecule has 41 heavy (non-hydrogen) atoms. The molecule has 1 aromatic heterocycles. The molecular weight excluding hydrogens is 547 g/mol. The quantitative estimate of drug-likeness (QED) is 0.483. The van der Waals surface area contributed by atoms with Gasteiger partial charge in [0.25, 0.3) is 5.56 Å². The topological polar surface area (TPSA) is 97.0 Å². The number of piperidine rings is 2. The van der Waals surface area contributed by atoms with Gasteiger partial charge in [-0.2, -0.15) is 11.8 Å². The van der Waals surface area contributed by atoms with Gasteiger partial charge in [0.05, 0.1) is 17.9 Å². The number of ether oxygens (including phenoxy) is 3. The maximum atomic E-state index is 14.9. The number of nitrogens with zero attached hydrogens (tertiary/aromatic N) is 3. The van der Waals surface area contributed by atoms with Crippen LogP contribution in [0, 0.1) is 11.7 Å². The number of halogens is 1. The fraction of sp³-hybridized carbons (Fsp3) is 0.700. The Kier molecular flexibility index (Phi) is 9.76. The monoisotopic (exact) mass is 590 g/mol. The van der Waals surface area contributed by atoms with Gasteiger partial charge in [-0.3, -0.25) is 4.79 Å². The van der Waals surface area contributed by atoms with E-state index in [0.717, 1.165) is 77.9 Å². The molecule has 0 unspecified atom stereocenters. The number of hydrogen-bond acceptors (Lipinski definition) is 8. The molecule has 1 N–H and O–H groups in total. The highest BCUT2D eigenvalue weighted by molar-refractivity contribution is 7.99. The van der Waals surface area contributed by atoms with Crippen molar-refractivity contribution in [2.24, 2.45) is 5.92 Å². The molecular formula is C30H43FN4O5S. The average Bonchev–Trinajstić information content (AvgIpc) is 2.95. The molecule has 3 aliphatic heterocycles. The Morgan fingerprint density at radius 2 is 1.80 bits per heavy atom. The van der Waals surface area contributed by atoms with Gasteiger partial charge in [-0.15, -0.1) is 0 Å². The fourth-order valence-corrected chi connectivity index (χ4v) is 6.93. The van der Waals surface area contributed by atoms with Crippen molar-refractivity contribution >= 4 is 28.8 Å². The molecule has 1 aromatic carbocycles. The number of hydrogen-bond donors (Lipinski definition) is 1. The fourth-order valence-electron chi connectivity index (χ4n) is 5.88. The zero-order valence-electron chi connectivity index (χ0n) is 24.5. The lowest BCUT2D eigenvalue weighted by atomic mass is 9.94. The summed E-state index contributed by atoms with van der Waals surface area (Å²) in [4.78, 5) is 36.7. The molecule has 3 saturated heterocycles. The number of aromatic amines is 1. The molecule has 2 aromatic rings. The molecule has 0 atom stereocenters. The van der Waals surface area contributed by atoms with Crippen molar-refractivity contribution in [1.82, 2.24) is 19.8 Å². The first-order chi connectivity index (χ1) is 19.6. The summed E-state index contributed by atoms with van der Waals surface area (Å²) < 4.78 is 31.9. The van der Waals surface area contributed by atoms with Gasteiger partial charge in [-0.05, 0) is 78.3 Å². The number of carbonyl (C=O) groups is 1. The minimum atomic E-state index is -0.609. The molecule has 0 radical (unpaired) electrons. The van der Waals surface area contributed by atoms with Gasteiger partial charge in [0.1, 0.15) is 28.4 Å². The van der Waals surface area contributed by atoms with E-state index in [4.69, 9.17) is 14.2 Å². The van der Waals surface area contributed by atoms with Crippen LogP contribution in [-0.4, -0.2) is 88.8 Å². The molecule has 0 bridgehead atoms.